The lowest BCUT2D eigenvalue weighted by Gasteiger charge is -2.33. The van der Waals surface area contributed by atoms with Crippen LogP contribution in [0.3, 0.4) is 0 Å². The first kappa shape index (κ1) is 21.4. The lowest BCUT2D eigenvalue weighted by atomic mass is 10.0. The molecular weight excluding hydrogens is 372 g/mol. The van der Waals surface area contributed by atoms with Gasteiger partial charge in [-0.2, -0.15) is 0 Å². The molecule has 2 amide bonds. The predicted molar refractivity (Wildman–Crippen MR) is 109 cm³/mol. The maximum atomic E-state index is 12.4. The Morgan fingerprint density at radius 2 is 2.00 bits per heavy atom. The van der Waals surface area contributed by atoms with Gasteiger partial charge in [-0.25, -0.2) is 0 Å². The van der Waals surface area contributed by atoms with E-state index < -0.39 is 0 Å². The molecule has 2 heterocycles. The van der Waals surface area contributed by atoms with Gasteiger partial charge >= 0.3 is 0 Å². The van der Waals surface area contributed by atoms with Crippen LogP contribution in [-0.2, 0) is 20.7 Å². The van der Waals surface area contributed by atoms with Crippen LogP contribution < -0.4 is 14.8 Å². The van der Waals surface area contributed by atoms with Gasteiger partial charge < -0.3 is 24.4 Å². The van der Waals surface area contributed by atoms with Crippen molar-refractivity contribution in [2.45, 2.75) is 57.6 Å². The van der Waals surface area contributed by atoms with E-state index in [4.69, 9.17) is 14.2 Å². The zero-order chi connectivity index (χ0) is 20.6. The number of amides is 2. The van der Waals surface area contributed by atoms with Crippen LogP contribution in [0.5, 0.6) is 11.5 Å². The van der Waals surface area contributed by atoms with E-state index in [0.29, 0.717) is 50.6 Å². The number of nitrogens with one attached hydrogen (secondary N) is 1. The number of aryl methyl sites for hydroxylation is 1. The van der Waals surface area contributed by atoms with Gasteiger partial charge in [-0.05, 0) is 56.7 Å². The summed E-state index contributed by atoms with van der Waals surface area (Å²) in [5.41, 5.74) is 1.04. The summed E-state index contributed by atoms with van der Waals surface area (Å²) in [6.07, 6.45) is 4.18. The number of hydrogen-bond donors (Lipinski definition) is 1. The molecular formula is C22H32N2O5. The number of methoxy groups -OCH3 is 1. The van der Waals surface area contributed by atoms with E-state index in [1.54, 1.807) is 7.11 Å². The fourth-order valence-corrected chi connectivity index (χ4v) is 3.92. The molecule has 0 aromatic heterocycles. The Bertz CT molecular complexity index is 694. The van der Waals surface area contributed by atoms with Crippen LogP contribution in [-0.4, -0.2) is 62.3 Å². The van der Waals surface area contributed by atoms with Crippen LogP contribution in [0, 0.1) is 0 Å². The summed E-state index contributed by atoms with van der Waals surface area (Å²) in [7, 11) is 1.62. The minimum Gasteiger partial charge on any atom is -0.493 e. The first-order chi connectivity index (χ1) is 14.1. The molecule has 3 rings (SSSR count). The second-order valence-electron chi connectivity index (χ2n) is 7.59. The second-order valence-corrected chi connectivity index (χ2v) is 7.59. The van der Waals surface area contributed by atoms with Crippen molar-refractivity contribution >= 4 is 11.8 Å². The van der Waals surface area contributed by atoms with Gasteiger partial charge in [0.05, 0.1) is 13.7 Å². The third kappa shape index (κ3) is 5.85. The number of carbonyl (C=O) groups is 2. The molecule has 1 N–H and O–H groups in total. The summed E-state index contributed by atoms with van der Waals surface area (Å²) in [6.45, 7) is 4.55. The summed E-state index contributed by atoms with van der Waals surface area (Å²) in [4.78, 5) is 26.6. The Labute approximate surface area is 172 Å². The van der Waals surface area contributed by atoms with Crippen molar-refractivity contribution in [2.24, 2.45) is 0 Å². The topological polar surface area (TPSA) is 77.1 Å². The molecule has 2 aliphatic heterocycles. The number of carbonyl (C=O) groups excluding carboxylic acids is 2. The number of piperidine rings is 1. The van der Waals surface area contributed by atoms with Crippen LogP contribution in [0.1, 0.15) is 44.6 Å². The first-order valence-corrected chi connectivity index (χ1v) is 10.6. The monoisotopic (exact) mass is 404 g/mol. The van der Waals surface area contributed by atoms with Gasteiger partial charge in [-0.1, -0.05) is 6.07 Å². The average molecular weight is 405 g/mol. The van der Waals surface area contributed by atoms with E-state index in [0.717, 1.165) is 31.2 Å². The molecule has 1 atom stereocenters. The molecule has 1 unspecified atom stereocenters. The quantitative estimate of drug-likeness (QED) is 0.720. The van der Waals surface area contributed by atoms with Gasteiger partial charge in [-0.15, -0.1) is 0 Å². The molecule has 2 saturated heterocycles. The van der Waals surface area contributed by atoms with Crippen molar-refractivity contribution < 1.29 is 23.8 Å². The SMILES string of the molecule is CCOc1ccc(CCC(=O)NC2CCN(C(=O)C3CCCO3)CC2)cc1OC. The molecule has 160 valence electrons. The zero-order valence-corrected chi connectivity index (χ0v) is 17.4. The Hall–Kier alpha value is -2.28. The second kappa shape index (κ2) is 10.5. The highest BCUT2D eigenvalue weighted by atomic mass is 16.5. The van der Waals surface area contributed by atoms with Crippen molar-refractivity contribution in [1.82, 2.24) is 10.2 Å². The smallest absolute Gasteiger partial charge is 0.251 e. The molecule has 1 aromatic rings. The van der Waals surface area contributed by atoms with Crippen LogP contribution >= 0.6 is 0 Å². The summed E-state index contributed by atoms with van der Waals surface area (Å²) >= 11 is 0. The Kier molecular flexibility index (Phi) is 7.75. The van der Waals surface area contributed by atoms with Crippen LogP contribution in [0.15, 0.2) is 18.2 Å². The number of ether oxygens (including phenoxy) is 3. The van der Waals surface area contributed by atoms with Crippen molar-refractivity contribution in [3.63, 3.8) is 0 Å². The Balaban J connectivity index is 1.40. The molecule has 2 aliphatic rings. The summed E-state index contributed by atoms with van der Waals surface area (Å²) in [5, 5.41) is 3.11. The van der Waals surface area contributed by atoms with Gasteiger partial charge in [0.25, 0.3) is 5.91 Å². The average Bonchev–Trinajstić information content (AvgIpc) is 3.28. The minimum atomic E-state index is -0.257. The van der Waals surface area contributed by atoms with Crippen LogP contribution in [0.4, 0.5) is 0 Å². The Morgan fingerprint density at radius 3 is 2.66 bits per heavy atom. The molecule has 0 bridgehead atoms. The first-order valence-electron chi connectivity index (χ1n) is 10.6. The van der Waals surface area contributed by atoms with Crippen LogP contribution in [0.25, 0.3) is 0 Å². The molecule has 2 fully saturated rings. The number of likely N-dealkylation sites (tertiary alicyclic amines) is 1. The number of rotatable bonds is 8. The van der Waals surface area contributed by atoms with Crippen molar-refractivity contribution in [2.75, 3.05) is 33.4 Å². The summed E-state index contributed by atoms with van der Waals surface area (Å²) < 4.78 is 16.4. The number of nitrogens with zero attached hydrogens (tertiary/aromatic N) is 1. The van der Waals surface area contributed by atoms with Gasteiger partial charge in [0.1, 0.15) is 6.10 Å². The Morgan fingerprint density at radius 1 is 1.21 bits per heavy atom. The molecule has 7 nitrogen and oxygen atoms in total. The van der Waals surface area contributed by atoms with Crippen LogP contribution in [0.2, 0.25) is 0 Å². The normalized spacial score (nSPS) is 19.8. The standard InChI is InChI=1S/C22H32N2O5/c1-3-28-18-8-6-16(15-20(18)27-2)7-9-21(25)23-17-10-12-24(13-11-17)22(26)19-5-4-14-29-19/h6,8,15,17,19H,3-5,7,9-14H2,1-2H3,(H,23,25). The van der Waals surface area contributed by atoms with Crippen molar-refractivity contribution in [1.29, 1.82) is 0 Å². The van der Waals surface area contributed by atoms with Gasteiger partial charge in [0.15, 0.2) is 11.5 Å². The van der Waals surface area contributed by atoms with Gasteiger partial charge in [0, 0.05) is 32.2 Å². The van der Waals surface area contributed by atoms with E-state index in [1.807, 2.05) is 30.0 Å². The number of hydrogen-bond acceptors (Lipinski definition) is 5. The molecule has 29 heavy (non-hydrogen) atoms. The van der Waals surface area contributed by atoms with Crippen molar-refractivity contribution in [3.05, 3.63) is 23.8 Å². The highest BCUT2D eigenvalue weighted by Crippen LogP contribution is 2.28. The third-order valence-corrected chi connectivity index (χ3v) is 5.55. The van der Waals surface area contributed by atoms with E-state index in [9.17, 15) is 9.59 Å². The third-order valence-electron chi connectivity index (χ3n) is 5.55. The zero-order valence-electron chi connectivity index (χ0n) is 17.4. The molecule has 0 aliphatic carbocycles. The highest BCUT2D eigenvalue weighted by Gasteiger charge is 2.31. The highest BCUT2D eigenvalue weighted by molar-refractivity contribution is 5.81. The van der Waals surface area contributed by atoms with E-state index >= 15 is 0 Å². The maximum Gasteiger partial charge on any atom is 0.251 e. The molecule has 1 aromatic carbocycles. The molecule has 0 spiro atoms. The summed E-state index contributed by atoms with van der Waals surface area (Å²) in [5.74, 6) is 1.55. The minimum absolute atomic E-state index is 0.0433. The lowest BCUT2D eigenvalue weighted by Crippen LogP contribution is -2.49. The van der Waals surface area contributed by atoms with Crippen molar-refractivity contribution in [3.8, 4) is 11.5 Å². The molecule has 7 heteroatoms. The fourth-order valence-electron chi connectivity index (χ4n) is 3.92. The molecule has 0 saturated carbocycles. The largest absolute Gasteiger partial charge is 0.493 e. The summed E-state index contributed by atoms with van der Waals surface area (Å²) in [6, 6.07) is 5.91. The fraction of sp³-hybridized carbons (Fsp3) is 0.636. The number of benzene rings is 1. The van der Waals surface area contributed by atoms with Gasteiger partial charge in [0.2, 0.25) is 5.91 Å². The maximum absolute atomic E-state index is 12.4. The lowest BCUT2D eigenvalue weighted by molar-refractivity contribution is -0.142. The van der Waals surface area contributed by atoms with E-state index in [2.05, 4.69) is 5.32 Å². The van der Waals surface area contributed by atoms with Gasteiger partial charge in [-0.3, -0.25) is 9.59 Å². The van der Waals surface area contributed by atoms with E-state index in [1.165, 1.54) is 0 Å². The molecule has 0 radical (unpaired) electrons. The predicted octanol–water partition coefficient (Wildman–Crippen LogP) is 2.31. The van der Waals surface area contributed by atoms with E-state index in [-0.39, 0.29) is 24.0 Å².